The molecule has 0 unspecified atom stereocenters. The molecule has 0 N–H and O–H groups in total. The summed E-state index contributed by atoms with van der Waals surface area (Å²) < 4.78 is 30.4. The Labute approximate surface area is 159 Å². The SMILES string of the molecule is CCCO[Si](CC[SiH2]C(OC(C)C)OC(C)C)(OCCC)OCCC. The summed E-state index contributed by atoms with van der Waals surface area (Å²) in [7, 11) is -3.14. The van der Waals surface area contributed by atoms with Gasteiger partial charge in [0.1, 0.15) is 5.91 Å². The van der Waals surface area contributed by atoms with Gasteiger partial charge in [0.15, 0.2) is 0 Å². The van der Waals surface area contributed by atoms with E-state index in [1.165, 1.54) is 0 Å². The predicted octanol–water partition coefficient (Wildman–Crippen LogP) is 3.93. The molecule has 0 saturated carbocycles. The minimum absolute atomic E-state index is 0.0461. The summed E-state index contributed by atoms with van der Waals surface area (Å²) in [6.07, 6.45) is 3.30. The van der Waals surface area contributed by atoms with E-state index in [9.17, 15) is 0 Å². The molecule has 0 aromatic heterocycles. The average Bonchev–Trinajstić information content (AvgIpc) is 2.54. The lowest BCUT2D eigenvalue weighted by molar-refractivity contribution is -0.134. The van der Waals surface area contributed by atoms with E-state index in [1.807, 2.05) is 0 Å². The first kappa shape index (κ1) is 25.2. The zero-order valence-corrected chi connectivity index (χ0v) is 20.1. The van der Waals surface area contributed by atoms with E-state index >= 15 is 0 Å². The first-order valence-corrected chi connectivity index (χ1v) is 13.9. The standard InChI is InChI=1S/C18H42O5Si2/c1-8-11-19-25(20-12-9-2,21-13-10-3)15-14-24-18(22-16(4)5)23-17(6)7/h16-18H,8-15,24H2,1-7H3. The molecule has 0 bridgehead atoms. The van der Waals surface area contributed by atoms with Crippen molar-refractivity contribution >= 4 is 18.3 Å². The zero-order chi connectivity index (χ0) is 19.1. The fraction of sp³-hybridized carbons (Fsp3) is 1.00. The predicted molar refractivity (Wildman–Crippen MR) is 109 cm³/mol. The van der Waals surface area contributed by atoms with Crippen molar-refractivity contribution in [3.05, 3.63) is 0 Å². The molecule has 0 amide bonds. The summed E-state index contributed by atoms with van der Waals surface area (Å²) >= 11 is 0. The topological polar surface area (TPSA) is 46.2 Å². The molecule has 0 saturated heterocycles. The highest BCUT2D eigenvalue weighted by molar-refractivity contribution is 6.62. The summed E-state index contributed by atoms with van der Waals surface area (Å²) in [6.45, 7) is 16.7. The molecule has 0 aromatic rings. The van der Waals surface area contributed by atoms with Gasteiger partial charge in [-0.15, -0.1) is 0 Å². The Hall–Kier alpha value is 0.234. The summed E-state index contributed by atoms with van der Waals surface area (Å²) in [5.74, 6) is -0.0461. The molecule has 5 nitrogen and oxygen atoms in total. The average molecular weight is 395 g/mol. The fourth-order valence-electron chi connectivity index (χ4n) is 2.37. The molecule has 152 valence electrons. The Morgan fingerprint density at radius 2 is 1.12 bits per heavy atom. The van der Waals surface area contributed by atoms with Crippen LogP contribution in [-0.4, -0.2) is 56.3 Å². The molecule has 0 spiro atoms. The van der Waals surface area contributed by atoms with Gasteiger partial charge in [0, 0.05) is 25.9 Å². The maximum absolute atomic E-state index is 6.16. The highest BCUT2D eigenvalue weighted by Gasteiger charge is 2.40. The Bertz CT molecular complexity index is 271. The minimum Gasteiger partial charge on any atom is -0.373 e. The summed E-state index contributed by atoms with van der Waals surface area (Å²) in [5.41, 5.74) is 0. The molecule has 0 aliphatic rings. The third-order valence-electron chi connectivity index (χ3n) is 3.35. The molecule has 0 radical (unpaired) electrons. The lowest BCUT2D eigenvalue weighted by Crippen LogP contribution is -2.47. The van der Waals surface area contributed by atoms with Gasteiger partial charge in [-0.05, 0) is 47.0 Å². The first-order valence-electron chi connectivity index (χ1n) is 10.1. The van der Waals surface area contributed by atoms with Gasteiger partial charge in [-0.3, -0.25) is 0 Å². The molecular formula is C18H42O5Si2. The van der Waals surface area contributed by atoms with Crippen LogP contribution in [0, 0.1) is 0 Å². The minimum atomic E-state index is -2.58. The lowest BCUT2D eigenvalue weighted by Gasteiger charge is -2.30. The van der Waals surface area contributed by atoms with E-state index in [1.54, 1.807) is 0 Å². The maximum Gasteiger partial charge on any atom is 0.500 e. The normalized spacial score (nSPS) is 13.2. The van der Waals surface area contributed by atoms with E-state index in [0.29, 0.717) is 19.8 Å². The van der Waals surface area contributed by atoms with Gasteiger partial charge in [0.2, 0.25) is 0 Å². The molecule has 0 aromatic carbocycles. The van der Waals surface area contributed by atoms with Crippen LogP contribution >= 0.6 is 0 Å². The van der Waals surface area contributed by atoms with Crippen molar-refractivity contribution in [1.82, 2.24) is 0 Å². The van der Waals surface area contributed by atoms with Crippen LogP contribution in [0.2, 0.25) is 12.1 Å². The van der Waals surface area contributed by atoms with Crippen LogP contribution < -0.4 is 0 Å². The smallest absolute Gasteiger partial charge is 0.373 e. The van der Waals surface area contributed by atoms with Crippen molar-refractivity contribution in [3.8, 4) is 0 Å². The van der Waals surface area contributed by atoms with E-state index in [-0.39, 0.29) is 18.1 Å². The van der Waals surface area contributed by atoms with Crippen molar-refractivity contribution in [3.63, 3.8) is 0 Å². The van der Waals surface area contributed by atoms with Gasteiger partial charge < -0.3 is 22.8 Å². The Morgan fingerprint density at radius 1 is 0.720 bits per heavy atom. The molecular weight excluding hydrogens is 352 g/mol. The molecule has 0 rings (SSSR count). The third-order valence-corrected chi connectivity index (χ3v) is 8.57. The van der Waals surface area contributed by atoms with Crippen LogP contribution in [0.1, 0.15) is 67.7 Å². The van der Waals surface area contributed by atoms with Crippen molar-refractivity contribution in [2.45, 2.75) is 97.9 Å². The van der Waals surface area contributed by atoms with Crippen LogP contribution in [0.15, 0.2) is 0 Å². The Morgan fingerprint density at radius 3 is 1.44 bits per heavy atom. The molecule has 0 heterocycles. The zero-order valence-electron chi connectivity index (χ0n) is 17.6. The molecule has 0 atom stereocenters. The quantitative estimate of drug-likeness (QED) is 0.276. The monoisotopic (exact) mass is 394 g/mol. The van der Waals surface area contributed by atoms with Gasteiger partial charge in [-0.25, -0.2) is 0 Å². The van der Waals surface area contributed by atoms with Crippen LogP contribution in [0.25, 0.3) is 0 Å². The largest absolute Gasteiger partial charge is 0.500 e. The van der Waals surface area contributed by atoms with Gasteiger partial charge in [-0.2, -0.15) is 0 Å². The number of hydrogen-bond acceptors (Lipinski definition) is 5. The van der Waals surface area contributed by atoms with Crippen LogP contribution in [0.4, 0.5) is 0 Å². The number of hydrogen-bond donors (Lipinski definition) is 0. The van der Waals surface area contributed by atoms with Gasteiger partial charge >= 0.3 is 8.80 Å². The second kappa shape index (κ2) is 15.3. The summed E-state index contributed by atoms with van der Waals surface area (Å²) in [4.78, 5) is 0. The van der Waals surface area contributed by atoms with Crippen molar-refractivity contribution in [2.24, 2.45) is 0 Å². The van der Waals surface area contributed by atoms with Crippen LogP contribution in [-0.2, 0) is 22.8 Å². The number of ether oxygens (including phenoxy) is 2. The van der Waals surface area contributed by atoms with Crippen LogP contribution in [0.3, 0.4) is 0 Å². The second-order valence-corrected chi connectivity index (χ2v) is 11.6. The van der Waals surface area contributed by atoms with E-state index in [4.69, 9.17) is 22.8 Å². The molecule has 0 fully saturated rings. The van der Waals surface area contributed by atoms with Gasteiger partial charge in [0.05, 0.1) is 21.7 Å². The maximum atomic E-state index is 6.16. The van der Waals surface area contributed by atoms with Gasteiger partial charge in [0.25, 0.3) is 0 Å². The van der Waals surface area contributed by atoms with E-state index in [2.05, 4.69) is 48.5 Å². The summed E-state index contributed by atoms with van der Waals surface area (Å²) in [6, 6.07) is 1.92. The number of rotatable bonds is 17. The van der Waals surface area contributed by atoms with Gasteiger partial charge in [-0.1, -0.05) is 26.8 Å². The van der Waals surface area contributed by atoms with E-state index in [0.717, 1.165) is 31.4 Å². The summed E-state index contributed by atoms with van der Waals surface area (Å²) in [5, 5.41) is 0. The third kappa shape index (κ3) is 13.1. The second-order valence-electron chi connectivity index (χ2n) is 6.92. The molecule has 0 aliphatic carbocycles. The molecule has 0 aliphatic heterocycles. The highest BCUT2D eigenvalue weighted by Crippen LogP contribution is 2.20. The molecule has 25 heavy (non-hydrogen) atoms. The highest BCUT2D eigenvalue weighted by atomic mass is 28.4. The van der Waals surface area contributed by atoms with E-state index < -0.39 is 18.3 Å². The van der Waals surface area contributed by atoms with Crippen molar-refractivity contribution in [2.75, 3.05) is 19.8 Å². The molecule has 7 heteroatoms. The Balaban J connectivity index is 4.76. The van der Waals surface area contributed by atoms with Crippen molar-refractivity contribution in [1.29, 1.82) is 0 Å². The first-order chi connectivity index (χ1) is 11.9. The fourth-order valence-corrected chi connectivity index (χ4v) is 8.53. The lowest BCUT2D eigenvalue weighted by atomic mass is 10.5. The van der Waals surface area contributed by atoms with Crippen molar-refractivity contribution < 1.29 is 22.8 Å². The Kier molecular flexibility index (Phi) is 15.5. The van der Waals surface area contributed by atoms with Crippen LogP contribution in [0.5, 0.6) is 0 Å².